The molecule has 0 bridgehead atoms. The first kappa shape index (κ1) is 10.2. The van der Waals surface area contributed by atoms with E-state index in [1.807, 2.05) is 0 Å². The van der Waals surface area contributed by atoms with E-state index in [4.69, 9.17) is 15.3 Å². The second kappa shape index (κ2) is 4.95. The molecule has 0 unspecified atom stereocenters. The Labute approximate surface area is 63.3 Å². The van der Waals surface area contributed by atoms with Gasteiger partial charge in [0, 0.05) is 6.42 Å². The third-order valence-electron chi connectivity index (χ3n) is 1.15. The van der Waals surface area contributed by atoms with Gasteiger partial charge < -0.3 is 15.3 Å². The lowest BCUT2D eigenvalue weighted by Crippen LogP contribution is -2.28. The number of carbonyl (C=O) groups is 2. The van der Waals surface area contributed by atoms with Gasteiger partial charge in [-0.2, -0.15) is 0 Å². The quantitative estimate of drug-likeness (QED) is 0.317. The summed E-state index contributed by atoms with van der Waals surface area (Å²) in [7, 11) is 0. The van der Waals surface area contributed by atoms with E-state index in [-0.39, 0.29) is 12.7 Å². The summed E-state index contributed by atoms with van der Waals surface area (Å²) < 4.78 is 0. The molecule has 0 fully saturated rings. The lowest BCUT2D eigenvalue weighted by Gasteiger charge is -2.09. The van der Waals surface area contributed by atoms with Crippen LogP contribution in [-0.4, -0.2) is 46.2 Å². The summed E-state index contributed by atoms with van der Waals surface area (Å²) in [5, 5.41) is 25.7. The van der Waals surface area contributed by atoms with Gasteiger partial charge in [0.05, 0.1) is 12.7 Å². The van der Waals surface area contributed by atoms with Crippen molar-refractivity contribution in [2.75, 3.05) is 6.61 Å². The molecular formula is C6H10O5. The average Bonchev–Trinajstić information content (AvgIpc) is 2.02. The van der Waals surface area contributed by atoms with Gasteiger partial charge in [-0.15, -0.1) is 0 Å². The van der Waals surface area contributed by atoms with Crippen LogP contribution in [0, 0.1) is 0 Å². The van der Waals surface area contributed by atoms with E-state index >= 15 is 0 Å². The smallest absolute Gasteiger partial charge is 0.223 e. The molecule has 0 saturated heterocycles. The molecule has 0 heterocycles. The number of hydrogen-bond acceptors (Lipinski definition) is 5. The van der Waals surface area contributed by atoms with Crippen LogP contribution in [0.3, 0.4) is 0 Å². The Balaban J connectivity index is 3.76. The summed E-state index contributed by atoms with van der Waals surface area (Å²) in [5.74, 6) is -0.988. The molecule has 0 saturated carbocycles. The van der Waals surface area contributed by atoms with Crippen LogP contribution in [0.2, 0.25) is 0 Å². The summed E-state index contributed by atoms with van der Waals surface area (Å²) >= 11 is 0. The van der Waals surface area contributed by atoms with Crippen molar-refractivity contribution in [2.45, 2.75) is 18.6 Å². The van der Waals surface area contributed by atoms with Crippen molar-refractivity contribution >= 4 is 12.1 Å². The number of aliphatic hydroxyl groups is 3. The molecule has 5 heteroatoms. The number of aldehydes is 1. The lowest BCUT2D eigenvalue weighted by molar-refractivity contribution is -0.136. The highest BCUT2D eigenvalue weighted by atomic mass is 16.3. The van der Waals surface area contributed by atoms with E-state index in [9.17, 15) is 9.59 Å². The maximum Gasteiger partial charge on any atom is 0.223 e. The van der Waals surface area contributed by atoms with Crippen LogP contribution in [0.4, 0.5) is 0 Å². The molecule has 0 aliphatic rings. The van der Waals surface area contributed by atoms with Gasteiger partial charge in [-0.1, -0.05) is 0 Å². The van der Waals surface area contributed by atoms with E-state index in [0.717, 1.165) is 0 Å². The van der Waals surface area contributed by atoms with Gasteiger partial charge in [0.2, 0.25) is 5.78 Å². The highest BCUT2D eigenvalue weighted by Gasteiger charge is 2.17. The molecule has 0 spiro atoms. The molecule has 2 atom stereocenters. The average molecular weight is 162 g/mol. The first-order valence-electron chi connectivity index (χ1n) is 3.07. The van der Waals surface area contributed by atoms with Crippen LogP contribution < -0.4 is 0 Å². The summed E-state index contributed by atoms with van der Waals surface area (Å²) in [6.07, 6.45) is -2.99. The van der Waals surface area contributed by atoms with Crippen LogP contribution in [0.1, 0.15) is 6.42 Å². The van der Waals surface area contributed by atoms with Gasteiger partial charge in [0.15, 0.2) is 6.29 Å². The molecule has 64 valence electrons. The van der Waals surface area contributed by atoms with Crippen LogP contribution >= 0.6 is 0 Å². The number of aliphatic hydroxyl groups excluding tert-OH is 3. The molecule has 0 aromatic rings. The monoisotopic (exact) mass is 162 g/mol. The van der Waals surface area contributed by atoms with E-state index in [1.54, 1.807) is 0 Å². The first-order chi connectivity index (χ1) is 5.11. The first-order valence-corrected chi connectivity index (χ1v) is 3.07. The van der Waals surface area contributed by atoms with Crippen molar-refractivity contribution in [3.05, 3.63) is 0 Å². The van der Waals surface area contributed by atoms with E-state index in [1.165, 1.54) is 0 Å². The standard InChI is InChI=1S/C6H10O5/c7-2-4(9)1-5(10)6(11)3-8/h3-5,7,9-10H,1-2H2/t4-,5+/m0/s1. The van der Waals surface area contributed by atoms with Crippen molar-refractivity contribution in [1.29, 1.82) is 0 Å². The normalized spacial score (nSPS) is 15.5. The minimum absolute atomic E-state index is 0.0191. The Morgan fingerprint density at radius 3 is 2.36 bits per heavy atom. The van der Waals surface area contributed by atoms with Gasteiger partial charge in [0.1, 0.15) is 6.10 Å². The van der Waals surface area contributed by atoms with Gasteiger partial charge in [-0.3, -0.25) is 9.59 Å². The van der Waals surface area contributed by atoms with Crippen molar-refractivity contribution in [3.8, 4) is 0 Å². The van der Waals surface area contributed by atoms with Crippen LogP contribution in [0.25, 0.3) is 0 Å². The molecule has 11 heavy (non-hydrogen) atoms. The molecule has 0 aromatic carbocycles. The predicted octanol–water partition coefficient (Wildman–Crippen LogP) is -2.14. The maximum atomic E-state index is 10.4. The Morgan fingerprint density at radius 2 is 2.00 bits per heavy atom. The predicted molar refractivity (Wildman–Crippen MR) is 34.8 cm³/mol. The number of hydrogen-bond donors (Lipinski definition) is 3. The number of carbonyl (C=O) groups excluding carboxylic acids is 2. The number of ketones is 1. The molecule has 3 N–H and O–H groups in total. The maximum absolute atomic E-state index is 10.4. The molecule has 0 aliphatic heterocycles. The summed E-state index contributed by atoms with van der Waals surface area (Å²) in [4.78, 5) is 20.1. The fraction of sp³-hybridized carbons (Fsp3) is 0.667. The Bertz CT molecular complexity index is 144. The van der Waals surface area contributed by atoms with E-state index in [2.05, 4.69) is 0 Å². The molecule has 0 aromatic heterocycles. The van der Waals surface area contributed by atoms with Crippen molar-refractivity contribution in [1.82, 2.24) is 0 Å². The Kier molecular flexibility index (Phi) is 4.60. The lowest BCUT2D eigenvalue weighted by atomic mass is 10.1. The molecule has 0 rings (SSSR count). The van der Waals surface area contributed by atoms with Crippen molar-refractivity contribution in [2.24, 2.45) is 0 Å². The summed E-state index contributed by atoms with van der Waals surface area (Å²) in [6.45, 7) is -0.538. The number of rotatable bonds is 5. The fourth-order valence-corrected chi connectivity index (χ4v) is 0.527. The minimum Gasteiger partial charge on any atom is -0.394 e. The second-order valence-corrected chi connectivity index (χ2v) is 2.11. The van der Waals surface area contributed by atoms with Gasteiger partial charge in [-0.25, -0.2) is 0 Å². The topological polar surface area (TPSA) is 94.8 Å². The molecule has 0 radical (unpaired) electrons. The summed E-state index contributed by atoms with van der Waals surface area (Å²) in [6, 6.07) is 0. The molecule has 0 amide bonds. The highest BCUT2D eigenvalue weighted by Crippen LogP contribution is 1.97. The molecule has 5 nitrogen and oxygen atoms in total. The van der Waals surface area contributed by atoms with Crippen LogP contribution in [-0.2, 0) is 9.59 Å². The third kappa shape index (κ3) is 3.82. The zero-order chi connectivity index (χ0) is 8.85. The zero-order valence-corrected chi connectivity index (χ0v) is 5.80. The van der Waals surface area contributed by atoms with Crippen LogP contribution in [0.5, 0.6) is 0 Å². The summed E-state index contributed by atoms with van der Waals surface area (Å²) in [5.41, 5.74) is 0. The van der Waals surface area contributed by atoms with Crippen molar-refractivity contribution < 1.29 is 24.9 Å². The van der Waals surface area contributed by atoms with Gasteiger partial charge >= 0.3 is 0 Å². The fourth-order valence-electron chi connectivity index (χ4n) is 0.527. The van der Waals surface area contributed by atoms with Gasteiger partial charge in [0.25, 0.3) is 0 Å². The van der Waals surface area contributed by atoms with Crippen molar-refractivity contribution in [3.63, 3.8) is 0 Å². The van der Waals surface area contributed by atoms with Crippen LogP contribution in [0.15, 0.2) is 0 Å². The Morgan fingerprint density at radius 1 is 1.45 bits per heavy atom. The Hall–Kier alpha value is -0.780. The molecule has 0 aliphatic carbocycles. The van der Waals surface area contributed by atoms with E-state index < -0.39 is 24.6 Å². The minimum atomic E-state index is -1.50. The largest absolute Gasteiger partial charge is 0.394 e. The number of Topliss-reactive ketones (excluding diaryl/α,β-unsaturated/α-hetero) is 1. The SMILES string of the molecule is O=CC(=O)[C@H](O)C[C@H](O)CO. The molecular weight excluding hydrogens is 152 g/mol. The zero-order valence-electron chi connectivity index (χ0n) is 5.80. The second-order valence-electron chi connectivity index (χ2n) is 2.11. The highest BCUT2D eigenvalue weighted by molar-refractivity contribution is 6.26. The third-order valence-corrected chi connectivity index (χ3v) is 1.15. The van der Waals surface area contributed by atoms with E-state index in [0.29, 0.717) is 0 Å². The van der Waals surface area contributed by atoms with Gasteiger partial charge in [-0.05, 0) is 0 Å².